The van der Waals surface area contributed by atoms with Crippen LogP contribution in [-0.4, -0.2) is 15.8 Å². The van der Waals surface area contributed by atoms with Crippen LogP contribution in [-0.2, 0) is 13.5 Å². The highest BCUT2D eigenvalue weighted by Gasteiger charge is 2.01. The van der Waals surface area contributed by atoms with E-state index in [2.05, 4.69) is 12.0 Å². The molecule has 4 heteroatoms. The van der Waals surface area contributed by atoms with E-state index in [4.69, 9.17) is 5.73 Å². The Morgan fingerprint density at radius 1 is 1.67 bits per heavy atom. The second kappa shape index (κ2) is 5.17. The van der Waals surface area contributed by atoms with Gasteiger partial charge in [0, 0.05) is 19.3 Å². The number of nitrogens with zero attached hydrogens (tertiary/aromatic N) is 2. The Hall–Kier alpha value is -0.540. The molecule has 1 aromatic rings. The third kappa shape index (κ3) is 3.24. The summed E-state index contributed by atoms with van der Waals surface area (Å²) in [5.41, 5.74) is 7.00. The van der Waals surface area contributed by atoms with E-state index in [-0.39, 0.29) is 18.4 Å². The minimum atomic E-state index is 0. The van der Waals surface area contributed by atoms with E-state index in [0.717, 1.165) is 12.8 Å². The molecule has 0 radical (unpaired) electrons. The number of rotatable bonds is 3. The van der Waals surface area contributed by atoms with Gasteiger partial charge in [-0.25, -0.2) is 0 Å². The van der Waals surface area contributed by atoms with Crippen LogP contribution in [0.1, 0.15) is 18.9 Å². The molecule has 0 aromatic carbocycles. The van der Waals surface area contributed by atoms with Crippen LogP contribution < -0.4 is 5.73 Å². The van der Waals surface area contributed by atoms with Crippen molar-refractivity contribution >= 4 is 12.4 Å². The number of aryl methyl sites for hydroxylation is 1. The van der Waals surface area contributed by atoms with Crippen molar-refractivity contribution in [3.63, 3.8) is 0 Å². The quantitative estimate of drug-likeness (QED) is 0.775. The molecule has 0 aliphatic rings. The Morgan fingerprint density at radius 3 is 2.75 bits per heavy atom. The molecule has 1 rings (SSSR count). The largest absolute Gasteiger partial charge is 0.327 e. The van der Waals surface area contributed by atoms with Gasteiger partial charge in [0.05, 0.1) is 6.20 Å². The molecule has 1 heterocycles. The van der Waals surface area contributed by atoms with Crippen molar-refractivity contribution in [1.82, 2.24) is 9.78 Å². The number of hydrogen-bond acceptors (Lipinski definition) is 2. The normalized spacial score (nSPS) is 12.2. The lowest BCUT2D eigenvalue weighted by atomic mass is 10.1. The first-order chi connectivity index (χ1) is 5.22. The second-order valence-corrected chi connectivity index (χ2v) is 2.89. The summed E-state index contributed by atoms with van der Waals surface area (Å²) in [6.45, 7) is 2.10. The van der Waals surface area contributed by atoms with Gasteiger partial charge in [0.1, 0.15) is 0 Å². The summed E-state index contributed by atoms with van der Waals surface area (Å²) < 4.78 is 1.80. The first-order valence-electron chi connectivity index (χ1n) is 3.95. The van der Waals surface area contributed by atoms with E-state index >= 15 is 0 Å². The van der Waals surface area contributed by atoms with E-state index in [0.29, 0.717) is 0 Å². The lowest BCUT2D eigenvalue weighted by Gasteiger charge is -2.04. The van der Waals surface area contributed by atoms with Gasteiger partial charge < -0.3 is 5.73 Å². The van der Waals surface area contributed by atoms with Gasteiger partial charge in [0.25, 0.3) is 0 Å². The summed E-state index contributed by atoms with van der Waals surface area (Å²) in [6, 6.07) is 0.277. The number of halogens is 1. The van der Waals surface area contributed by atoms with Crippen LogP contribution in [0.4, 0.5) is 0 Å². The predicted octanol–water partition coefficient (Wildman–Crippen LogP) is 1.12. The van der Waals surface area contributed by atoms with Crippen LogP contribution in [0.3, 0.4) is 0 Å². The molecule has 0 saturated heterocycles. The topological polar surface area (TPSA) is 43.8 Å². The zero-order valence-corrected chi connectivity index (χ0v) is 8.34. The smallest absolute Gasteiger partial charge is 0.0522 e. The first-order valence-corrected chi connectivity index (χ1v) is 3.95. The van der Waals surface area contributed by atoms with Crippen molar-refractivity contribution in [1.29, 1.82) is 0 Å². The molecule has 0 saturated carbocycles. The van der Waals surface area contributed by atoms with Crippen LogP contribution in [0.5, 0.6) is 0 Å². The van der Waals surface area contributed by atoms with Crippen molar-refractivity contribution in [2.75, 3.05) is 0 Å². The zero-order chi connectivity index (χ0) is 8.27. The SMILES string of the molecule is CCC(N)Cc1cnn(C)c1.Cl. The van der Waals surface area contributed by atoms with Crippen LogP contribution in [0, 0.1) is 0 Å². The molecule has 1 unspecified atom stereocenters. The van der Waals surface area contributed by atoms with Crippen molar-refractivity contribution in [3.8, 4) is 0 Å². The van der Waals surface area contributed by atoms with Gasteiger partial charge >= 0.3 is 0 Å². The Kier molecular flexibility index (Phi) is 4.93. The maximum Gasteiger partial charge on any atom is 0.0522 e. The van der Waals surface area contributed by atoms with Crippen molar-refractivity contribution in [2.24, 2.45) is 12.8 Å². The highest BCUT2D eigenvalue weighted by atomic mass is 35.5. The molecule has 1 aromatic heterocycles. The maximum atomic E-state index is 5.78. The van der Waals surface area contributed by atoms with Crippen molar-refractivity contribution in [3.05, 3.63) is 18.0 Å². The molecule has 0 fully saturated rings. The minimum absolute atomic E-state index is 0. The van der Waals surface area contributed by atoms with E-state index in [9.17, 15) is 0 Å². The Balaban J connectivity index is 0.00000121. The van der Waals surface area contributed by atoms with Gasteiger partial charge in [-0.3, -0.25) is 4.68 Å². The molecule has 1 atom stereocenters. The van der Waals surface area contributed by atoms with Gasteiger partial charge in [-0.05, 0) is 18.4 Å². The summed E-state index contributed by atoms with van der Waals surface area (Å²) in [5, 5.41) is 4.07. The number of aromatic nitrogens is 2. The molecular formula is C8H16ClN3. The van der Waals surface area contributed by atoms with Crippen LogP contribution in [0.25, 0.3) is 0 Å². The standard InChI is InChI=1S/C8H15N3.ClH/c1-3-8(9)4-7-5-10-11(2)6-7;/h5-6,8H,3-4,9H2,1-2H3;1H. The summed E-state index contributed by atoms with van der Waals surface area (Å²) in [5.74, 6) is 0. The van der Waals surface area contributed by atoms with Crippen molar-refractivity contribution in [2.45, 2.75) is 25.8 Å². The van der Waals surface area contributed by atoms with Gasteiger partial charge in [0.2, 0.25) is 0 Å². The molecule has 2 N–H and O–H groups in total. The fraction of sp³-hybridized carbons (Fsp3) is 0.625. The predicted molar refractivity (Wildman–Crippen MR) is 52.4 cm³/mol. The van der Waals surface area contributed by atoms with Gasteiger partial charge in [-0.15, -0.1) is 12.4 Å². The molecule has 0 aliphatic heterocycles. The maximum absolute atomic E-state index is 5.78. The lowest BCUT2D eigenvalue weighted by molar-refractivity contribution is 0.646. The monoisotopic (exact) mass is 189 g/mol. The Bertz CT molecular complexity index is 222. The molecular weight excluding hydrogens is 174 g/mol. The summed E-state index contributed by atoms with van der Waals surface area (Å²) >= 11 is 0. The molecule has 3 nitrogen and oxygen atoms in total. The lowest BCUT2D eigenvalue weighted by Crippen LogP contribution is -2.20. The summed E-state index contributed by atoms with van der Waals surface area (Å²) in [4.78, 5) is 0. The molecule has 0 bridgehead atoms. The zero-order valence-electron chi connectivity index (χ0n) is 7.53. The highest BCUT2D eigenvalue weighted by Crippen LogP contribution is 2.01. The molecule has 0 spiro atoms. The molecule has 70 valence electrons. The van der Waals surface area contributed by atoms with E-state index in [1.165, 1.54) is 5.56 Å². The Labute approximate surface area is 79.4 Å². The van der Waals surface area contributed by atoms with Crippen molar-refractivity contribution < 1.29 is 0 Å². The fourth-order valence-corrected chi connectivity index (χ4v) is 1.02. The number of hydrogen-bond donors (Lipinski definition) is 1. The minimum Gasteiger partial charge on any atom is -0.327 e. The third-order valence-electron chi connectivity index (χ3n) is 1.78. The van der Waals surface area contributed by atoms with Crippen LogP contribution in [0.2, 0.25) is 0 Å². The van der Waals surface area contributed by atoms with E-state index in [1.807, 2.05) is 19.4 Å². The average molecular weight is 190 g/mol. The Morgan fingerprint density at radius 2 is 2.33 bits per heavy atom. The molecule has 0 amide bonds. The average Bonchev–Trinajstić information content (AvgIpc) is 2.35. The number of nitrogens with two attached hydrogens (primary N) is 1. The van der Waals surface area contributed by atoms with Crippen LogP contribution >= 0.6 is 12.4 Å². The van der Waals surface area contributed by atoms with E-state index in [1.54, 1.807) is 4.68 Å². The van der Waals surface area contributed by atoms with E-state index < -0.39 is 0 Å². The molecule has 0 aliphatic carbocycles. The highest BCUT2D eigenvalue weighted by molar-refractivity contribution is 5.85. The summed E-state index contributed by atoms with van der Waals surface area (Å²) in [7, 11) is 1.92. The second-order valence-electron chi connectivity index (χ2n) is 2.89. The van der Waals surface area contributed by atoms with Gasteiger partial charge in [0.15, 0.2) is 0 Å². The van der Waals surface area contributed by atoms with Crippen LogP contribution in [0.15, 0.2) is 12.4 Å². The molecule has 12 heavy (non-hydrogen) atoms. The fourth-order valence-electron chi connectivity index (χ4n) is 1.02. The first kappa shape index (κ1) is 11.5. The third-order valence-corrected chi connectivity index (χ3v) is 1.78. The van der Waals surface area contributed by atoms with Gasteiger partial charge in [-0.2, -0.15) is 5.10 Å². The van der Waals surface area contributed by atoms with Gasteiger partial charge in [-0.1, -0.05) is 6.92 Å². The summed E-state index contributed by atoms with van der Waals surface area (Å²) in [6.07, 6.45) is 5.84.